The summed E-state index contributed by atoms with van der Waals surface area (Å²) in [6, 6.07) is -0.793. The molecule has 5 nitrogen and oxygen atoms in total. The van der Waals surface area contributed by atoms with Crippen molar-refractivity contribution in [2.24, 2.45) is 11.1 Å². The van der Waals surface area contributed by atoms with E-state index in [9.17, 15) is 9.70 Å². The van der Waals surface area contributed by atoms with Gasteiger partial charge in [0.1, 0.15) is 12.1 Å². The van der Waals surface area contributed by atoms with Crippen LogP contribution in [0.1, 0.15) is 13.3 Å². The summed E-state index contributed by atoms with van der Waals surface area (Å²) in [5.41, 5.74) is 0. The van der Waals surface area contributed by atoms with Crippen molar-refractivity contribution in [1.29, 1.82) is 0 Å². The van der Waals surface area contributed by atoms with Crippen molar-refractivity contribution in [1.82, 2.24) is 5.32 Å². The molecule has 1 rings (SSSR count). The molecule has 68 valence electrons. The van der Waals surface area contributed by atoms with Gasteiger partial charge in [0.25, 0.3) is 0 Å². The minimum atomic E-state index is -0.855. The molecule has 1 fully saturated rings. The van der Waals surface area contributed by atoms with E-state index in [1.165, 1.54) is 0 Å². The standard InChI is InChI=1S/C7H12N2O3/c1-4-2-5(7(10)11)8-3-6(4)9-12/h4-6,8H,2-3H2,1H3,(H,10,11). The van der Waals surface area contributed by atoms with Crippen LogP contribution in [0.15, 0.2) is 5.18 Å². The van der Waals surface area contributed by atoms with Crippen molar-refractivity contribution in [3.8, 4) is 0 Å². The highest BCUT2D eigenvalue weighted by Crippen LogP contribution is 2.18. The van der Waals surface area contributed by atoms with E-state index in [1.807, 2.05) is 6.92 Å². The zero-order valence-corrected chi connectivity index (χ0v) is 6.86. The molecule has 0 bridgehead atoms. The largest absolute Gasteiger partial charge is 0.480 e. The van der Waals surface area contributed by atoms with Gasteiger partial charge in [0, 0.05) is 6.54 Å². The molecule has 0 aromatic heterocycles. The Morgan fingerprint density at radius 3 is 2.75 bits per heavy atom. The third-order valence-electron chi connectivity index (χ3n) is 2.27. The maximum Gasteiger partial charge on any atom is 0.320 e. The molecule has 1 saturated heterocycles. The second-order valence-electron chi connectivity index (χ2n) is 3.18. The minimum Gasteiger partial charge on any atom is -0.480 e. The van der Waals surface area contributed by atoms with Gasteiger partial charge in [-0.3, -0.25) is 4.79 Å². The van der Waals surface area contributed by atoms with Crippen molar-refractivity contribution < 1.29 is 9.90 Å². The van der Waals surface area contributed by atoms with Gasteiger partial charge >= 0.3 is 5.97 Å². The Morgan fingerprint density at radius 1 is 1.67 bits per heavy atom. The number of hydrogen-bond acceptors (Lipinski definition) is 4. The summed E-state index contributed by atoms with van der Waals surface area (Å²) in [7, 11) is 0. The molecule has 0 saturated carbocycles. The Hall–Kier alpha value is -0.970. The van der Waals surface area contributed by atoms with Gasteiger partial charge < -0.3 is 10.4 Å². The van der Waals surface area contributed by atoms with Gasteiger partial charge in [-0.2, -0.15) is 4.91 Å². The van der Waals surface area contributed by atoms with E-state index in [4.69, 9.17) is 5.11 Å². The monoisotopic (exact) mass is 172 g/mol. The fourth-order valence-corrected chi connectivity index (χ4v) is 1.41. The van der Waals surface area contributed by atoms with E-state index >= 15 is 0 Å². The summed E-state index contributed by atoms with van der Waals surface area (Å²) < 4.78 is 0. The lowest BCUT2D eigenvalue weighted by molar-refractivity contribution is -0.140. The van der Waals surface area contributed by atoms with E-state index < -0.39 is 12.0 Å². The fraction of sp³-hybridized carbons (Fsp3) is 0.857. The van der Waals surface area contributed by atoms with Gasteiger partial charge in [0.15, 0.2) is 0 Å². The normalized spacial score (nSPS) is 35.9. The van der Waals surface area contributed by atoms with Gasteiger partial charge in [-0.25, -0.2) is 0 Å². The highest BCUT2D eigenvalue weighted by Gasteiger charge is 2.31. The van der Waals surface area contributed by atoms with Crippen molar-refractivity contribution in [2.45, 2.75) is 25.4 Å². The number of piperidine rings is 1. The smallest absolute Gasteiger partial charge is 0.320 e. The quantitative estimate of drug-likeness (QED) is 0.583. The van der Waals surface area contributed by atoms with Crippen molar-refractivity contribution in [2.75, 3.05) is 6.54 Å². The molecule has 0 aliphatic carbocycles. The first kappa shape index (κ1) is 9.12. The fourth-order valence-electron chi connectivity index (χ4n) is 1.41. The van der Waals surface area contributed by atoms with Crippen molar-refractivity contribution >= 4 is 5.97 Å². The highest BCUT2D eigenvalue weighted by molar-refractivity contribution is 5.73. The molecule has 1 aliphatic rings. The average molecular weight is 172 g/mol. The zero-order chi connectivity index (χ0) is 9.14. The van der Waals surface area contributed by atoms with Gasteiger partial charge in [-0.15, -0.1) is 0 Å². The third-order valence-corrected chi connectivity index (χ3v) is 2.27. The Balaban J connectivity index is 2.51. The molecule has 0 radical (unpaired) electrons. The number of nitroso groups, excluding NO2 is 1. The summed E-state index contributed by atoms with van der Waals surface area (Å²) >= 11 is 0. The molecule has 1 aliphatic heterocycles. The highest BCUT2D eigenvalue weighted by atomic mass is 16.4. The minimum absolute atomic E-state index is 0.0600. The van der Waals surface area contributed by atoms with Crippen LogP contribution in [-0.4, -0.2) is 29.7 Å². The first-order chi connectivity index (χ1) is 5.65. The summed E-state index contributed by atoms with van der Waals surface area (Å²) in [6.07, 6.45) is 0.478. The van der Waals surface area contributed by atoms with Crippen LogP contribution in [0.2, 0.25) is 0 Å². The Morgan fingerprint density at radius 2 is 2.33 bits per heavy atom. The van der Waals surface area contributed by atoms with Crippen LogP contribution in [-0.2, 0) is 4.79 Å². The molecule has 0 spiro atoms. The predicted octanol–water partition coefficient (Wildman–Crippen LogP) is 0.204. The van der Waals surface area contributed by atoms with Crippen LogP contribution >= 0.6 is 0 Å². The van der Waals surface area contributed by atoms with E-state index in [0.717, 1.165) is 0 Å². The second kappa shape index (κ2) is 3.62. The summed E-state index contributed by atoms with van der Waals surface area (Å²) in [5, 5.41) is 14.3. The van der Waals surface area contributed by atoms with Crippen LogP contribution < -0.4 is 5.32 Å². The zero-order valence-electron chi connectivity index (χ0n) is 6.86. The van der Waals surface area contributed by atoms with Gasteiger partial charge in [-0.1, -0.05) is 12.1 Å². The SMILES string of the molecule is CC1CC(C(=O)O)NCC1N=O. The van der Waals surface area contributed by atoms with Gasteiger partial charge in [0.05, 0.1) is 0 Å². The van der Waals surface area contributed by atoms with E-state index in [-0.39, 0.29) is 12.0 Å². The van der Waals surface area contributed by atoms with Gasteiger partial charge in [0.2, 0.25) is 0 Å². The lowest BCUT2D eigenvalue weighted by Gasteiger charge is -2.28. The molecular weight excluding hydrogens is 160 g/mol. The maximum atomic E-state index is 10.5. The van der Waals surface area contributed by atoms with E-state index in [2.05, 4.69) is 10.5 Å². The number of nitrogens with zero attached hydrogens (tertiary/aromatic N) is 1. The van der Waals surface area contributed by atoms with Crippen molar-refractivity contribution in [3.63, 3.8) is 0 Å². The lowest BCUT2D eigenvalue weighted by atomic mass is 9.90. The molecule has 3 unspecified atom stereocenters. The number of hydrogen-bond donors (Lipinski definition) is 2. The van der Waals surface area contributed by atoms with Gasteiger partial charge in [-0.05, 0) is 12.3 Å². The Kier molecular flexibility index (Phi) is 2.75. The van der Waals surface area contributed by atoms with Crippen LogP contribution in [0.4, 0.5) is 0 Å². The Labute approximate surface area is 70.1 Å². The van der Waals surface area contributed by atoms with Crippen LogP contribution in [0.5, 0.6) is 0 Å². The number of carbonyl (C=O) groups is 1. The molecule has 0 amide bonds. The molecule has 12 heavy (non-hydrogen) atoms. The Bertz CT molecular complexity index is 195. The molecule has 0 aromatic rings. The van der Waals surface area contributed by atoms with E-state index in [1.54, 1.807) is 0 Å². The molecular formula is C7H12N2O3. The van der Waals surface area contributed by atoms with Crippen molar-refractivity contribution in [3.05, 3.63) is 4.91 Å². The topological polar surface area (TPSA) is 78.8 Å². The third kappa shape index (κ3) is 1.79. The summed E-state index contributed by atoms with van der Waals surface area (Å²) in [4.78, 5) is 20.7. The molecule has 5 heteroatoms. The number of carboxylic acids is 1. The number of nitrogens with one attached hydrogen (secondary N) is 1. The first-order valence-electron chi connectivity index (χ1n) is 3.93. The number of carboxylic acid groups (broad SMARTS) is 1. The van der Waals surface area contributed by atoms with Crippen LogP contribution in [0.3, 0.4) is 0 Å². The van der Waals surface area contributed by atoms with Crippen LogP contribution in [0, 0.1) is 10.8 Å². The van der Waals surface area contributed by atoms with E-state index in [0.29, 0.717) is 13.0 Å². The number of rotatable bonds is 2. The predicted molar refractivity (Wildman–Crippen MR) is 42.8 cm³/mol. The first-order valence-corrected chi connectivity index (χ1v) is 3.93. The molecule has 0 aromatic carbocycles. The number of aliphatic carboxylic acids is 1. The second-order valence-corrected chi connectivity index (χ2v) is 3.18. The molecule has 1 heterocycles. The molecule has 3 atom stereocenters. The lowest BCUT2D eigenvalue weighted by Crippen LogP contribution is -2.48. The average Bonchev–Trinajstić information content (AvgIpc) is 2.04. The summed E-state index contributed by atoms with van der Waals surface area (Å²) in [6.45, 7) is 2.23. The molecule has 2 N–H and O–H groups in total. The summed E-state index contributed by atoms with van der Waals surface area (Å²) in [5.74, 6) is -0.795. The van der Waals surface area contributed by atoms with Crippen LogP contribution in [0.25, 0.3) is 0 Å². The maximum absolute atomic E-state index is 10.5.